The van der Waals surface area contributed by atoms with Gasteiger partial charge in [-0.3, -0.25) is 0 Å². The van der Waals surface area contributed by atoms with Crippen molar-refractivity contribution in [2.75, 3.05) is 18.0 Å². The minimum absolute atomic E-state index is 0.431. The second-order valence-electron chi connectivity index (χ2n) is 7.26. The summed E-state index contributed by atoms with van der Waals surface area (Å²) in [5.41, 5.74) is 4.79. The highest BCUT2D eigenvalue weighted by Gasteiger charge is 2.25. The van der Waals surface area contributed by atoms with Crippen molar-refractivity contribution in [3.63, 3.8) is 0 Å². The molecule has 3 heterocycles. The van der Waals surface area contributed by atoms with Crippen molar-refractivity contribution in [1.29, 1.82) is 0 Å². The zero-order valence-corrected chi connectivity index (χ0v) is 16.5. The number of aromatic nitrogens is 4. The molecule has 5 nitrogen and oxygen atoms in total. The van der Waals surface area contributed by atoms with Gasteiger partial charge in [-0.15, -0.1) is 5.10 Å². The third-order valence-electron chi connectivity index (χ3n) is 5.56. The summed E-state index contributed by atoms with van der Waals surface area (Å²) in [7, 11) is 0. The van der Waals surface area contributed by atoms with Crippen LogP contribution in [0.1, 0.15) is 47.0 Å². The first-order valence-corrected chi connectivity index (χ1v) is 9.81. The van der Waals surface area contributed by atoms with E-state index in [9.17, 15) is 0 Å². The van der Waals surface area contributed by atoms with E-state index in [0.29, 0.717) is 11.1 Å². The average Bonchev–Trinajstić information content (AvgIpc) is 3.13. The number of nitrogens with zero attached hydrogens (tertiary/aromatic N) is 4. The second-order valence-corrected chi connectivity index (χ2v) is 7.67. The minimum atomic E-state index is 0.431. The van der Waals surface area contributed by atoms with Crippen molar-refractivity contribution in [3.8, 4) is 0 Å². The van der Waals surface area contributed by atoms with Gasteiger partial charge in [0.05, 0.1) is 11.9 Å². The first-order chi connectivity index (χ1) is 13.1. The fourth-order valence-electron chi connectivity index (χ4n) is 3.78. The third-order valence-corrected chi connectivity index (χ3v) is 5.75. The van der Waals surface area contributed by atoms with Gasteiger partial charge in [-0.05, 0) is 43.4 Å². The summed E-state index contributed by atoms with van der Waals surface area (Å²) >= 11 is 5.97. The molecule has 1 N–H and O–H groups in total. The molecule has 6 heteroatoms. The molecule has 0 saturated carbocycles. The van der Waals surface area contributed by atoms with E-state index in [1.54, 1.807) is 6.20 Å². The Bertz CT molecular complexity index is 914. The number of halogens is 1. The van der Waals surface area contributed by atoms with Crippen molar-refractivity contribution in [2.24, 2.45) is 0 Å². The molecule has 0 amide bonds. The number of nitrogens with one attached hydrogen (secondary N) is 1. The standard InChI is InChI=1S/C21H24ClN5/c1-14-15(2)21(26-25-18(14)12-16-6-4-3-5-7-16)27-10-8-17(9-11-27)20-23-13-19(22)24-20/h3-7,13,17H,8-12H2,1-2H3,(H,23,24). The Morgan fingerprint density at radius 2 is 1.81 bits per heavy atom. The van der Waals surface area contributed by atoms with Crippen LogP contribution < -0.4 is 4.90 Å². The number of hydrogen-bond donors (Lipinski definition) is 1. The molecule has 0 radical (unpaired) electrons. The van der Waals surface area contributed by atoms with Gasteiger partial charge in [-0.25, -0.2) is 4.98 Å². The molecule has 4 rings (SSSR count). The zero-order valence-electron chi connectivity index (χ0n) is 15.7. The molecule has 27 heavy (non-hydrogen) atoms. The number of aromatic amines is 1. The molecule has 0 unspecified atom stereocenters. The summed E-state index contributed by atoms with van der Waals surface area (Å²) in [4.78, 5) is 9.90. The van der Waals surface area contributed by atoms with Gasteiger partial charge in [0.25, 0.3) is 0 Å². The van der Waals surface area contributed by atoms with Gasteiger partial charge >= 0.3 is 0 Å². The lowest BCUT2D eigenvalue weighted by Gasteiger charge is -2.33. The molecule has 2 aromatic heterocycles. The molecule has 1 aliphatic heterocycles. The number of rotatable bonds is 4. The van der Waals surface area contributed by atoms with Crippen LogP contribution >= 0.6 is 11.6 Å². The maximum absolute atomic E-state index is 5.97. The molecular formula is C21H24ClN5. The Kier molecular flexibility index (Phi) is 5.12. The fourth-order valence-corrected chi connectivity index (χ4v) is 3.93. The normalized spacial score (nSPS) is 15.3. The molecule has 140 valence electrons. The summed E-state index contributed by atoms with van der Waals surface area (Å²) in [6, 6.07) is 10.4. The monoisotopic (exact) mass is 381 g/mol. The third kappa shape index (κ3) is 3.83. The lowest BCUT2D eigenvalue weighted by atomic mass is 9.95. The largest absolute Gasteiger partial charge is 0.355 e. The van der Waals surface area contributed by atoms with Gasteiger partial charge in [0, 0.05) is 25.4 Å². The second kappa shape index (κ2) is 7.69. The smallest absolute Gasteiger partial charge is 0.154 e. The molecular weight excluding hydrogens is 358 g/mol. The number of piperidine rings is 1. The van der Waals surface area contributed by atoms with Crippen LogP contribution in [0.25, 0.3) is 0 Å². The lowest BCUT2D eigenvalue weighted by Crippen LogP contribution is -2.34. The van der Waals surface area contributed by atoms with Crippen LogP contribution in [0.3, 0.4) is 0 Å². The fraction of sp³-hybridized carbons (Fsp3) is 0.381. The summed E-state index contributed by atoms with van der Waals surface area (Å²) in [6.07, 6.45) is 4.58. The molecule has 1 saturated heterocycles. The van der Waals surface area contributed by atoms with E-state index < -0.39 is 0 Å². The summed E-state index contributed by atoms with van der Waals surface area (Å²) in [6.45, 7) is 6.22. The maximum Gasteiger partial charge on any atom is 0.154 e. The van der Waals surface area contributed by atoms with E-state index in [-0.39, 0.29) is 0 Å². The topological polar surface area (TPSA) is 57.7 Å². The molecule has 1 fully saturated rings. The number of H-pyrrole nitrogens is 1. The Balaban J connectivity index is 1.47. The Hall–Kier alpha value is -2.40. The molecule has 0 spiro atoms. The van der Waals surface area contributed by atoms with Crippen LogP contribution in [0.15, 0.2) is 36.5 Å². The molecule has 1 aromatic carbocycles. The van der Waals surface area contributed by atoms with Crippen LogP contribution in [0, 0.1) is 13.8 Å². The lowest BCUT2D eigenvalue weighted by molar-refractivity contribution is 0.484. The van der Waals surface area contributed by atoms with Crippen molar-refractivity contribution >= 4 is 17.4 Å². The van der Waals surface area contributed by atoms with E-state index in [0.717, 1.165) is 49.7 Å². The van der Waals surface area contributed by atoms with Crippen molar-refractivity contribution < 1.29 is 0 Å². The van der Waals surface area contributed by atoms with Gasteiger partial charge < -0.3 is 9.88 Å². The molecule has 0 aliphatic carbocycles. The van der Waals surface area contributed by atoms with Gasteiger partial charge in [0.2, 0.25) is 0 Å². The van der Waals surface area contributed by atoms with Gasteiger partial charge in [-0.1, -0.05) is 41.9 Å². The number of imidazole rings is 1. The van der Waals surface area contributed by atoms with E-state index >= 15 is 0 Å². The number of hydrogen-bond acceptors (Lipinski definition) is 4. The van der Waals surface area contributed by atoms with Crippen LogP contribution in [-0.4, -0.2) is 33.3 Å². The van der Waals surface area contributed by atoms with Crippen molar-refractivity contribution in [3.05, 3.63) is 69.9 Å². The molecule has 1 aliphatic rings. The van der Waals surface area contributed by atoms with Gasteiger partial charge in [-0.2, -0.15) is 5.10 Å². The Morgan fingerprint density at radius 3 is 2.48 bits per heavy atom. The van der Waals surface area contributed by atoms with Crippen molar-refractivity contribution in [1.82, 2.24) is 20.2 Å². The van der Waals surface area contributed by atoms with Crippen LogP contribution in [0.2, 0.25) is 5.15 Å². The van der Waals surface area contributed by atoms with Crippen LogP contribution in [0.5, 0.6) is 0 Å². The highest BCUT2D eigenvalue weighted by atomic mass is 35.5. The van der Waals surface area contributed by atoms with Gasteiger partial charge in [0.1, 0.15) is 11.0 Å². The Labute approximate surface area is 164 Å². The number of anilines is 1. The molecule has 3 aromatic rings. The SMILES string of the molecule is Cc1c(Cc2ccccc2)nnc(N2CCC(c3ncc(Cl)[nH]3)CC2)c1C. The Morgan fingerprint density at radius 1 is 1.07 bits per heavy atom. The average molecular weight is 382 g/mol. The maximum atomic E-state index is 5.97. The predicted octanol–water partition coefficient (Wildman–Crippen LogP) is 4.44. The predicted molar refractivity (Wildman–Crippen MR) is 109 cm³/mol. The summed E-state index contributed by atoms with van der Waals surface area (Å²) < 4.78 is 0. The van der Waals surface area contributed by atoms with E-state index in [2.05, 4.69) is 63.2 Å². The first kappa shape index (κ1) is 18.0. The molecule has 0 atom stereocenters. The highest BCUT2D eigenvalue weighted by Crippen LogP contribution is 2.31. The summed E-state index contributed by atoms with van der Waals surface area (Å²) in [5, 5.41) is 9.76. The van der Waals surface area contributed by atoms with Crippen LogP contribution in [-0.2, 0) is 6.42 Å². The minimum Gasteiger partial charge on any atom is -0.355 e. The molecule has 0 bridgehead atoms. The van der Waals surface area contributed by atoms with Crippen LogP contribution in [0.4, 0.5) is 5.82 Å². The van der Waals surface area contributed by atoms with E-state index in [1.165, 1.54) is 16.7 Å². The summed E-state index contributed by atoms with van der Waals surface area (Å²) in [5.74, 6) is 2.44. The quantitative estimate of drug-likeness (QED) is 0.725. The van der Waals surface area contributed by atoms with Gasteiger partial charge in [0.15, 0.2) is 5.82 Å². The van der Waals surface area contributed by atoms with E-state index in [4.69, 9.17) is 11.6 Å². The zero-order chi connectivity index (χ0) is 18.8. The highest BCUT2D eigenvalue weighted by molar-refractivity contribution is 6.29. The first-order valence-electron chi connectivity index (χ1n) is 9.44. The van der Waals surface area contributed by atoms with Crippen molar-refractivity contribution in [2.45, 2.75) is 39.0 Å². The number of benzene rings is 1. The van der Waals surface area contributed by atoms with E-state index in [1.807, 2.05) is 6.07 Å².